The fourth-order valence-electron chi connectivity index (χ4n) is 3.16. The van der Waals surface area contributed by atoms with Crippen molar-refractivity contribution in [3.8, 4) is 0 Å². The highest BCUT2D eigenvalue weighted by atomic mass is 32.2. The fraction of sp³-hybridized carbons (Fsp3) is 0.167. The minimum absolute atomic E-state index is 0.120. The molecular formula is C18H15N3O2S. The summed E-state index contributed by atoms with van der Waals surface area (Å²) in [4.78, 5) is 31.8. The number of hydrogen-bond acceptors (Lipinski definition) is 4. The molecule has 0 saturated carbocycles. The highest BCUT2D eigenvalue weighted by Crippen LogP contribution is 2.35. The number of hydrogen-bond donors (Lipinski definition) is 2. The van der Waals surface area contributed by atoms with Gasteiger partial charge in [0.2, 0.25) is 5.91 Å². The summed E-state index contributed by atoms with van der Waals surface area (Å²) in [7, 11) is 0. The van der Waals surface area contributed by atoms with E-state index in [4.69, 9.17) is 0 Å². The largest absolute Gasteiger partial charge is 0.310 e. The number of anilines is 1. The molecular weight excluding hydrogens is 322 g/mol. The van der Waals surface area contributed by atoms with E-state index in [1.54, 1.807) is 0 Å². The Morgan fingerprint density at radius 3 is 2.71 bits per heavy atom. The second kappa shape index (κ2) is 5.79. The van der Waals surface area contributed by atoms with Crippen molar-refractivity contribution in [3.63, 3.8) is 0 Å². The second-order valence-electron chi connectivity index (χ2n) is 5.75. The molecule has 1 aliphatic rings. The Labute approximate surface area is 142 Å². The lowest BCUT2D eigenvalue weighted by Crippen LogP contribution is -2.31. The maximum absolute atomic E-state index is 12.5. The maximum atomic E-state index is 12.5. The molecule has 0 bridgehead atoms. The molecule has 0 spiro atoms. The summed E-state index contributed by atoms with van der Waals surface area (Å²) in [5.74, 6) is -0.0335. The zero-order valence-electron chi connectivity index (χ0n) is 13.0. The van der Waals surface area contributed by atoms with E-state index < -0.39 is 0 Å². The second-order valence-corrected chi connectivity index (χ2v) is 6.54. The van der Waals surface area contributed by atoms with Gasteiger partial charge >= 0.3 is 0 Å². The van der Waals surface area contributed by atoms with Gasteiger partial charge in [-0.15, -0.1) is 0 Å². The predicted molar refractivity (Wildman–Crippen MR) is 95.7 cm³/mol. The van der Waals surface area contributed by atoms with Crippen LogP contribution in [-0.2, 0) is 4.79 Å². The molecule has 0 saturated heterocycles. The Bertz CT molecular complexity index is 1010. The minimum atomic E-state index is -0.287. The van der Waals surface area contributed by atoms with Crippen molar-refractivity contribution in [2.24, 2.45) is 0 Å². The van der Waals surface area contributed by atoms with Crippen LogP contribution in [0.3, 0.4) is 0 Å². The summed E-state index contributed by atoms with van der Waals surface area (Å²) >= 11 is 1.34. The van der Waals surface area contributed by atoms with Gasteiger partial charge in [0.05, 0.1) is 5.56 Å². The highest BCUT2D eigenvalue weighted by molar-refractivity contribution is 7.98. The lowest BCUT2D eigenvalue weighted by Gasteiger charge is -2.24. The molecule has 0 unspecified atom stereocenters. The van der Waals surface area contributed by atoms with Crippen molar-refractivity contribution in [1.82, 2.24) is 9.97 Å². The topological polar surface area (TPSA) is 74.8 Å². The van der Waals surface area contributed by atoms with Crippen LogP contribution in [0.1, 0.15) is 23.5 Å². The average Bonchev–Trinajstić information content (AvgIpc) is 2.60. The summed E-state index contributed by atoms with van der Waals surface area (Å²) < 4.78 is 0. The number of aromatic amines is 1. The van der Waals surface area contributed by atoms with E-state index in [0.717, 1.165) is 16.3 Å². The Morgan fingerprint density at radius 1 is 1.12 bits per heavy atom. The first kappa shape index (κ1) is 15.0. The smallest absolute Gasteiger partial charge is 0.257 e. The Kier molecular flexibility index (Phi) is 3.61. The van der Waals surface area contributed by atoms with Crippen LogP contribution >= 0.6 is 11.8 Å². The first-order valence-electron chi connectivity index (χ1n) is 7.62. The number of carbonyl (C=O) groups is 1. The zero-order chi connectivity index (χ0) is 16.7. The van der Waals surface area contributed by atoms with Crippen LogP contribution in [0.25, 0.3) is 10.8 Å². The standard InChI is InChI=1S/C18H15N3O2S/c1-24-18-20-16-15(17(23)21-18)13(9-14(22)19-16)12-7-6-10-4-2-3-5-11(10)8-12/h2-8,13H,9H2,1H3,(H2,19,20,21,22,23)/t13-/m1/s1. The van der Waals surface area contributed by atoms with Gasteiger partial charge < -0.3 is 10.3 Å². The third-order valence-electron chi connectivity index (χ3n) is 4.30. The lowest BCUT2D eigenvalue weighted by atomic mass is 9.86. The van der Waals surface area contributed by atoms with Gasteiger partial charge in [0.15, 0.2) is 5.16 Å². The molecule has 6 heteroatoms. The molecule has 120 valence electrons. The van der Waals surface area contributed by atoms with Crippen molar-refractivity contribution in [1.29, 1.82) is 0 Å². The van der Waals surface area contributed by atoms with Gasteiger partial charge in [-0.25, -0.2) is 4.98 Å². The molecule has 1 atom stereocenters. The van der Waals surface area contributed by atoms with E-state index in [-0.39, 0.29) is 23.8 Å². The van der Waals surface area contributed by atoms with E-state index in [9.17, 15) is 9.59 Å². The van der Waals surface area contributed by atoms with Crippen LogP contribution in [-0.4, -0.2) is 22.1 Å². The van der Waals surface area contributed by atoms with Crippen molar-refractivity contribution in [2.45, 2.75) is 17.5 Å². The van der Waals surface area contributed by atoms with Gasteiger partial charge in [-0.2, -0.15) is 0 Å². The molecule has 4 rings (SSSR count). The maximum Gasteiger partial charge on any atom is 0.257 e. The first-order valence-corrected chi connectivity index (χ1v) is 8.85. The van der Waals surface area contributed by atoms with Gasteiger partial charge in [-0.05, 0) is 22.6 Å². The Hall–Kier alpha value is -2.60. The number of rotatable bonds is 2. The zero-order valence-corrected chi connectivity index (χ0v) is 13.8. The fourth-order valence-corrected chi connectivity index (χ4v) is 3.53. The van der Waals surface area contributed by atoms with Gasteiger partial charge in [0, 0.05) is 12.3 Å². The van der Waals surface area contributed by atoms with E-state index >= 15 is 0 Å². The lowest BCUT2D eigenvalue weighted by molar-refractivity contribution is -0.116. The molecule has 1 aromatic heterocycles. The third kappa shape index (κ3) is 2.49. The van der Waals surface area contributed by atoms with E-state index in [1.807, 2.05) is 48.7 Å². The molecule has 24 heavy (non-hydrogen) atoms. The number of H-pyrrole nitrogens is 1. The molecule has 0 radical (unpaired) electrons. The van der Waals surface area contributed by atoms with Crippen LogP contribution in [0.2, 0.25) is 0 Å². The molecule has 5 nitrogen and oxygen atoms in total. The number of amides is 1. The molecule has 0 fully saturated rings. The predicted octanol–water partition coefficient (Wildman–Crippen LogP) is 3.12. The van der Waals surface area contributed by atoms with Crippen LogP contribution < -0.4 is 10.9 Å². The molecule has 1 aliphatic heterocycles. The SMILES string of the molecule is CSc1nc2c(c(=O)[nH]1)[C@@H](c1ccc3ccccc3c1)CC(=O)N2. The van der Waals surface area contributed by atoms with Crippen molar-refractivity contribution >= 4 is 34.3 Å². The van der Waals surface area contributed by atoms with E-state index in [2.05, 4.69) is 15.3 Å². The van der Waals surface area contributed by atoms with E-state index in [0.29, 0.717) is 16.5 Å². The molecule has 1 amide bonds. The average molecular weight is 337 g/mol. The number of nitrogens with one attached hydrogen (secondary N) is 2. The molecule has 0 aliphatic carbocycles. The summed E-state index contributed by atoms with van der Waals surface area (Å²) in [6.45, 7) is 0. The number of thioether (sulfide) groups is 1. The Morgan fingerprint density at radius 2 is 1.92 bits per heavy atom. The summed E-state index contributed by atoms with van der Waals surface area (Å²) in [5, 5.41) is 5.45. The monoisotopic (exact) mass is 337 g/mol. The van der Waals surface area contributed by atoms with Crippen LogP contribution in [0.5, 0.6) is 0 Å². The van der Waals surface area contributed by atoms with Crippen LogP contribution in [0.15, 0.2) is 52.4 Å². The molecule has 3 aromatic rings. The number of fused-ring (bicyclic) bond motifs is 2. The van der Waals surface area contributed by atoms with E-state index in [1.165, 1.54) is 11.8 Å². The van der Waals surface area contributed by atoms with Crippen LogP contribution in [0.4, 0.5) is 5.82 Å². The van der Waals surface area contributed by atoms with Gasteiger partial charge in [0.1, 0.15) is 5.82 Å². The van der Waals surface area contributed by atoms with Gasteiger partial charge in [0.25, 0.3) is 5.56 Å². The number of aromatic nitrogens is 2. The third-order valence-corrected chi connectivity index (χ3v) is 4.88. The number of benzene rings is 2. The molecule has 2 N–H and O–H groups in total. The number of carbonyl (C=O) groups excluding carboxylic acids is 1. The van der Waals surface area contributed by atoms with Gasteiger partial charge in [-0.1, -0.05) is 54.2 Å². The molecule has 2 heterocycles. The minimum Gasteiger partial charge on any atom is -0.310 e. The first-order chi connectivity index (χ1) is 11.7. The summed E-state index contributed by atoms with van der Waals surface area (Å²) in [6.07, 6.45) is 2.07. The molecule has 2 aromatic carbocycles. The number of nitrogens with zero attached hydrogens (tertiary/aromatic N) is 1. The summed E-state index contributed by atoms with van der Waals surface area (Å²) in [6, 6.07) is 14.1. The summed E-state index contributed by atoms with van der Waals surface area (Å²) in [5.41, 5.74) is 1.29. The normalized spacial score (nSPS) is 16.7. The van der Waals surface area contributed by atoms with Crippen molar-refractivity contribution in [3.05, 3.63) is 63.9 Å². The van der Waals surface area contributed by atoms with Crippen molar-refractivity contribution < 1.29 is 4.79 Å². The Balaban J connectivity index is 1.89. The highest BCUT2D eigenvalue weighted by Gasteiger charge is 2.30. The van der Waals surface area contributed by atoms with Crippen LogP contribution in [0, 0.1) is 0 Å². The van der Waals surface area contributed by atoms with Crippen molar-refractivity contribution in [2.75, 3.05) is 11.6 Å². The van der Waals surface area contributed by atoms with Gasteiger partial charge in [-0.3, -0.25) is 9.59 Å². The quantitative estimate of drug-likeness (QED) is 0.556.